The first kappa shape index (κ1) is 9.17. The van der Waals surface area contributed by atoms with Gasteiger partial charge in [-0.3, -0.25) is 9.36 Å². The van der Waals surface area contributed by atoms with Gasteiger partial charge in [-0.1, -0.05) is 5.57 Å². The van der Waals surface area contributed by atoms with Crippen molar-refractivity contribution in [3.63, 3.8) is 0 Å². The smallest absolute Gasteiger partial charge is 0.212 e. The Labute approximate surface area is 77.3 Å². The van der Waals surface area contributed by atoms with Gasteiger partial charge >= 0.3 is 0 Å². The average molecular weight is 200 g/mol. The Hall–Kier alpha value is -0.400. The van der Waals surface area contributed by atoms with Crippen molar-refractivity contribution in [1.82, 2.24) is 0 Å². The van der Waals surface area contributed by atoms with E-state index in [1.165, 1.54) is 0 Å². The highest BCUT2D eigenvalue weighted by molar-refractivity contribution is 7.59. The lowest BCUT2D eigenvalue weighted by Gasteiger charge is -2.26. The summed E-state index contributed by atoms with van der Waals surface area (Å²) in [5.74, 6) is -0.0771. The molecule has 1 aliphatic carbocycles. The number of allylic oxidation sites excluding steroid dienone is 2. The third kappa shape index (κ3) is 1.77. The molecule has 0 radical (unpaired) electrons. The van der Waals surface area contributed by atoms with Gasteiger partial charge in [0.1, 0.15) is 0 Å². The highest BCUT2D eigenvalue weighted by atomic mass is 31.2. The molecule has 1 N–H and O–H groups in total. The quantitative estimate of drug-likeness (QED) is 0.605. The zero-order valence-corrected chi connectivity index (χ0v) is 8.35. The summed E-state index contributed by atoms with van der Waals surface area (Å²) in [6.45, 7) is 0. The number of hydrogen-bond acceptors (Lipinski definition) is 2. The summed E-state index contributed by atoms with van der Waals surface area (Å²) in [5, 5.41) is 0. The van der Waals surface area contributed by atoms with Gasteiger partial charge in [0.05, 0.1) is 6.16 Å². The minimum absolute atomic E-state index is 0.0771. The van der Waals surface area contributed by atoms with Crippen molar-refractivity contribution >= 4 is 13.2 Å². The molecule has 0 spiro atoms. The second-order valence-electron chi connectivity index (χ2n) is 3.87. The molecule has 1 atom stereocenters. The van der Waals surface area contributed by atoms with Crippen molar-refractivity contribution < 1.29 is 14.3 Å². The highest BCUT2D eigenvalue weighted by Gasteiger charge is 2.34. The minimum atomic E-state index is -3.14. The molecule has 0 fully saturated rings. The lowest BCUT2D eigenvalue weighted by molar-refractivity contribution is -0.113. The summed E-state index contributed by atoms with van der Waals surface area (Å²) in [6.07, 6.45) is 3.95. The van der Waals surface area contributed by atoms with E-state index in [0.717, 1.165) is 36.8 Å². The van der Waals surface area contributed by atoms with Crippen LogP contribution in [-0.2, 0) is 9.36 Å². The van der Waals surface area contributed by atoms with Crippen LogP contribution in [0.5, 0.6) is 0 Å². The van der Waals surface area contributed by atoms with Gasteiger partial charge in [-0.05, 0) is 31.3 Å². The van der Waals surface area contributed by atoms with E-state index in [2.05, 4.69) is 0 Å². The van der Waals surface area contributed by atoms with Gasteiger partial charge in [0.2, 0.25) is 7.37 Å². The molecule has 0 saturated heterocycles. The fraction of sp³-hybridized carbons (Fsp3) is 0.667. The molecule has 0 aromatic heterocycles. The SMILES string of the molecule is O=C1CP(=O)(O)CC2=C1CCCC2. The van der Waals surface area contributed by atoms with E-state index in [4.69, 9.17) is 0 Å². The summed E-state index contributed by atoms with van der Waals surface area (Å²) < 4.78 is 11.4. The van der Waals surface area contributed by atoms with Crippen LogP contribution in [0.1, 0.15) is 25.7 Å². The molecule has 0 aromatic carbocycles. The van der Waals surface area contributed by atoms with E-state index in [0.29, 0.717) is 0 Å². The Morgan fingerprint density at radius 1 is 1.15 bits per heavy atom. The summed E-state index contributed by atoms with van der Waals surface area (Å²) in [6, 6.07) is 0. The van der Waals surface area contributed by atoms with Crippen molar-refractivity contribution in [2.75, 3.05) is 12.3 Å². The molecule has 0 saturated carbocycles. The van der Waals surface area contributed by atoms with Crippen molar-refractivity contribution in [1.29, 1.82) is 0 Å². The number of hydrogen-bond donors (Lipinski definition) is 1. The summed E-state index contributed by atoms with van der Waals surface area (Å²) in [4.78, 5) is 20.8. The van der Waals surface area contributed by atoms with Gasteiger partial charge in [0.15, 0.2) is 5.78 Å². The molecule has 0 bridgehead atoms. The lowest BCUT2D eigenvalue weighted by Crippen LogP contribution is -2.21. The Morgan fingerprint density at radius 2 is 1.85 bits per heavy atom. The molecule has 0 aromatic rings. The van der Waals surface area contributed by atoms with Crippen LogP contribution in [0, 0.1) is 0 Å². The van der Waals surface area contributed by atoms with Crippen LogP contribution in [0.4, 0.5) is 0 Å². The zero-order valence-electron chi connectivity index (χ0n) is 7.45. The molecule has 3 nitrogen and oxygen atoms in total. The van der Waals surface area contributed by atoms with Crippen LogP contribution in [-0.4, -0.2) is 23.0 Å². The zero-order chi connectivity index (χ0) is 9.47. The maximum atomic E-state index is 11.5. The largest absolute Gasteiger partial charge is 0.344 e. The molecule has 1 heterocycles. The molecule has 1 unspecified atom stereocenters. The Morgan fingerprint density at radius 3 is 2.62 bits per heavy atom. The molecule has 13 heavy (non-hydrogen) atoms. The predicted octanol–water partition coefficient (Wildman–Crippen LogP) is 1.71. The average Bonchev–Trinajstić information content (AvgIpc) is 2.02. The van der Waals surface area contributed by atoms with E-state index < -0.39 is 7.37 Å². The second kappa shape index (κ2) is 3.07. The van der Waals surface area contributed by atoms with Crippen LogP contribution in [0.15, 0.2) is 11.1 Å². The van der Waals surface area contributed by atoms with Crippen molar-refractivity contribution in [3.8, 4) is 0 Å². The molecule has 2 rings (SSSR count). The van der Waals surface area contributed by atoms with Gasteiger partial charge in [-0.15, -0.1) is 0 Å². The maximum Gasteiger partial charge on any atom is 0.212 e. The van der Waals surface area contributed by atoms with E-state index in [9.17, 15) is 14.3 Å². The van der Waals surface area contributed by atoms with Crippen molar-refractivity contribution in [3.05, 3.63) is 11.1 Å². The molecular formula is C9H13O3P. The van der Waals surface area contributed by atoms with Gasteiger partial charge in [-0.2, -0.15) is 0 Å². The molecule has 0 amide bonds. The highest BCUT2D eigenvalue weighted by Crippen LogP contribution is 2.49. The monoisotopic (exact) mass is 200 g/mol. The molecular weight excluding hydrogens is 187 g/mol. The van der Waals surface area contributed by atoms with Crippen LogP contribution >= 0.6 is 7.37 Å². The van der Waals surface area contributed by atoms with Gasteiger partial charge in [0, 0.05) is 6.16 Å². The Kier molecular flexibility index (Phi) is 2.17. The standard InChI is InChI=1S/C9H13O3P/c10-9-6-13(11,12)5-7-3-1-2-4-8(7)9/h1-6H2,(H,11,12). The van der Waals surface area contributed by atoms with Gasteiger partial charge in [0.25, 0.3) is 0 Å². The third-order valence-electron chi connectivity index (χ3n) is 2.75. The predicted molar refractivity (Wildman–Crippen MR) is 50.1 cm³/mol. The van der Waals surface area contributed by atoms with E-state index in [-0.39, 0.29) is 18.1 Å². The lowest BCUT2D eigenvalue weighted by atomic mass is 9.90. The van der Waals surface area contributed by atoms with Crippen LogP contribution in [0.25, 0.3) is 0 Å². The first-order valence-electron chi connectivity index (χ1n) is 4.63. The van der Waals surface area contributed by atoms with Crippen LogP contribution < -0.4 is 0 Å². The number of ketones is 1. The second-order valence-corrected chi connectivity index (χ2v) is 6.20. The molecule has 4 heteroatoms. The summed E-state index contributed by atoms with van der Waals surface area (Å²) in [5.41, 5.74) is 1.83. The molecule has 72 valence electrons. The fourth-order valence-electron chi connectivity index (χ4n) is 2.15. The minimum Gasteiger partial charge on any atom is -0.344 e. The Balaban J connectivity index is 2.36. The Bertz CT molecular complexity index is 330. The van der Waals surface area contributed by atoms with E-state index in [1.54, 1.807) is 0 Å². The summed E-state index contributed by atoms with van der Waals surface area (Å²) >= 11 is 0. The van der Waals surface area contributed by atoms with Gasteiger partial charge < -0.3 is 4.89 Å². The molecule has 1 aliphatic heterocycles. The molecule has 2 aliphatic rings. The topological polar surface area (TPSA) is 54.4 Å². The van der Waals surface area contributed by atoms with Crippen LogP contribution in [0.3, 0.4) is 0 Å². The van der Waals surface area contributed by atoms with Gasteiger partial charge in [-0.25, -0.2) is 0 Å². The summed E-state index contributed by atoms with van der Waals surface area (Å²) in [7, 11) is -3.14. The number of carbonyl (C=O) groups excluding carboxylic acids is 1. The first-order valence-corrected chi connectivity index (χ1v) is 6.66. The maximum absolute atomic E-state index is 11.5. The number of rotatable bonds is 0. The first-order chi connectivity index (χ1) is 6.08. The normalized spacial score (nSPS) is 34.7. The van der Waals surface area contributed by atoms with Crippen molar-refractivity contribution in [2.45, 2.75) is 25.7 Å². The third-order valence-corrected chi connectivity index (χ3v) is 4.40. The van der Waals surface area contributed by atoms with Crippen LogP contribution in [0.2, 0.25) is 0 Å². The van der Waals surface area contributed by atoms with E-state index in [1.807, 2.05) is 0 Å². The number of carbonyl (C=O) groups is 1. The number of Topliss-reactive ketones (excluding diaryl/α,β-unsaturated/α-hetero) is 1. The van der Waals surface area contributed by atoms with Crippen molar-refractivity contribution in [2.24, 2.45) is 0 Å². The van der Waals surface area contributed by atoms with E-state index >= 15 is 0 Å². The fourth-order valence-corrected chi connectivity index (χ4v) is 3.85.